The molecule has 8 nitrogen and oxygen atoms in total. The first-order valence-corrected chi connectivity index (χ1v) is 9.49. The van der Waals surface area contributed by atoms with Gasteiger partial charge in [0.25, 0.3) is 5.56 Å². The number of fused-ring (bicyclic) bond motifs is 4. The molecule has 152 valence electrons. The predicted octanol–water partition coefficient (Wildman–Crippen LogP) is 3.88. The lowest BCUT2D eigenvalue weighted by Crippen LogP contribution is -2.07. The first kappa shape index (κ1) is 18.1. The van der Waals surface area contributed by atoms with Gasteiger partial charge < -0.3 is 19.2 Å². The summed E-state index contributed by atoms with van der Waals surface area (Å²) in [5.41, 5.74) is 2.10. The van der Waals surface area contributed by atoms with Crippen molar-refractivity contribution >= 4 is 33.1 Å². The molecule has 3 aromatic heterocycles. The van der Waals surface area contributed by atoms with E-state index in [0.717, 1.165) is 0 Å². The topological polar surface area (TPSA) is 113 Å². The molecule has 0 atom stereocenters. The zero-order valence-electron chi connectivity index (χ0n) is 16.6. The van der Waals surface area contributed by atoms with E-state index in [1.54, 1.807) is 17.9 Å². The van der Waals surface area contributed by atoms with Gasteiger partial charge in [0.1, 0.15) is 11.4 Å². The second kappa shape index (κ2) is 6.28. The summed E-state index contributed by atoms with van der Waals surface area (Å²) in [5, 5.41) is 14.1. The zero-order chi connectivity index (χ0) is 21.2. The number of furan rings is 1. The Morgan fingerprint density at radius 2 is 1.93 bits per heavy atom. The average Bonchev–Trinajstić information content (AvgIpc) is 3.27. The second-order valence-corrected chi connectivity index (χ2v) is 7.46. The number of ether oxygens (including phenoxy) is 1. The van der Waals surface area contributed by atoms with E-state index < -0.39 is 11.2 Å². The fourth-order valence-corrected chi connectivity index (χ4v) is 3.91. The third kappa shape index (κ3) is 2.40. The Morgan fingerprint density at radius 3 is 2.67 bits per heavy atom. The highest BCUT2D eigenvalue weighted by atomic mass is 16.5. The van der Waals surface area contributed by atoms with E-state index >= 15 is 0 Å². The molecule has 3 N–H and O–H groups in total. The maximum absolute atomic E-state index is 13.0. The van der Waals surface area contributed by atoms with Crippen LogP contribution >= 0.6 is 0 Å². The highest BCUT2D eigenvalue weighted by Crippen LogP contribution is 2.40. The summed E-state index contributed by atoms with van der Waals surface area (Å²) in [6.07, 6.45) is 0. The molecule has 8 heteroatoms. The quantitative estimate of drug-likeness (QED) is 0.422. The average molecular weight is 405 g/mol. The number of aromatic nitrogens is 3. The monoisotopic (exact) mass is 405 g/mol. The summed E-state index contributed by atoms with van der Waals surface area (Å²) >= 11 is 0. The highest BCUT2D eigenvalue weighted by molar-refractivity contribution is 6.15. The molecule has 0 saturated carbocycles. The number of methoxy groups -OCH3 is 1. The first-order valence-electron chi connectivity index (χ1n) is 9.49. The van der Waals surface area contributed by atoms with Gasteiger partial charge in [-0.15, -0.1) is 0 Å². The summed E-state index contributed by atoms with van der Waals surface area (Å²) in [7, 11) is 1.57. The Kier molecular flexibility index (Phi) is 3.79. The number of phenolic OH excluding ortho intramolecular Hbond substituents is 1. The van der Waals surface area contributed by atoms with Gasteiger partial charge in [-0.25, -0.2) is 0 Å². The van der Waals surface area contributed by atoms with Crippen molar-refractivity contribution in [2.45, 2.75) is 19.9 Å². The number of hydrogen-bond donors (Lipinski definition) is 3. The Labute approximate surface area is 169 Å². The van der Waals surface area contributed by atoms with Gasteiger partial charge in [-0.3, -0.25) is 19.4 Å². The Hall–Kier alpha value is -3.94. The Balaban J connectivity index is 2.06. The van der Waals surface area contributed by atoms with Gasteiger partial charge >= 0.3 is 0 Å². The molecule has 0 spiro atoms. The van der Waals surface area contributed by atoms with Gasteiger partial charge in [-0.1, -0.05) is 12.1 Å². The van der Waals surface area contributed by atoms with E-state index in [-0.39, 0.29) is 17.2 Å². The van der Waals surface area contributed by atoms with E-state index in [2.05, 4.69) is 10.1 Å². The van der Waals surface area contributed by atoms with Crippen LogP contribution in [0.3, 0.4) is 0 Å². The molecule has 3 heterocycles. The summed E-state index contributed by atoms with van der Waals surface area (Å²) in [5.74, 6) is 0.168. The SMILES string of the molecule is COc1cccc(-c2c3oc4c(O)c(=O)ccc4c3[nH]c3c2c(=O)[nH]n3C(C)C)c1. The van der Waals surface area contributed by atoms with Crippen LogP contribution in [0.1, 0.15) is 19.9 Å². The minimum absolute atomic E-state index is 0.0122. The minimum Gasteiger partial charge on any atom is -0.502 e. The van der Waals surface area contributed by atoms with Crippen LogP contribution in [0.15, 0.2) is 50.4 Å². The van der Waals surface area contributed by atoms with E-state index in [9.17, 15) is 14.7 Å². The molecule has 5 rings (SSSR count). The maximum atomic E-state index is 13.0. The molecule has 0 saturated heterocycles. The van der Waals surface area contributed by atoms with Crippen molar-refractivity contribution < 1.29 is 14.3 Å². The number of pyridine rings is 1. The van der Waals surface area contributed by atoms with Crippen LogP contribution in [0.2, 0.25) is 0 Å². The lowest BCUT2D eigenvalue weighted by molar-refractivity contribution is 0.415. The van der Waals surface area contributed by atoms with Crippen molar-refractivity contribution in [1.82, 2.24) is 14.8 Å². The van der Waals surface area contributed by atoms with E-state index in [1.807, 2.05) is 38.1 Å². The lowest BCUT2D eigenvalue weighted by Gasteiger charge is -2.10. The van der Waals surface area contributed by atoms with Gasteiger partial charge in [0.05, 0.1) is 18.0 Å². The number of nitrogens with zero attached hydrogens (tertiary/aromatic N) is 1. The number of aromatic amines is 2. The van der Waals surface area contributed by atoms with Gasteiger partial charge in [-0.05, 0) is 43.7 Å². The number of hydrogen-bond acceptors (Lipinski definition) is 5. The summed E-state index contributed by atoms with van der Waals surface area (Å²) < 4.78 is 13.1. The van der Waals surface area contributed by atoms with Gasteiger partial charge in [0, 0.05) is 17.0 Å². The summed E-state index contributed by atoms with van der Waals surface area (Å²) in [6.45, 7) is 3.92. The largest absolute Gasteiger partial charge is 0.502 e. The maximum Gasteiger partial charge on any atom is 0.274 e. The van der Waals surface area contributed by atoms with Gasteiger partial charge in [-0.2, -0.15) is 0 Å². The van der Waals surface area contributed by atoms with Crippen LogP contribution in [0, 0.1) is 0 Å². The van der Waals surface area contributed by atoms with Crippen LogP contribution in [0.4, 0.5) is 0 Å². The summed E-state index contributed by atoms with van der Waals surface area (Å²) in [4.78, 5) is 28.2. The van der Waals surface area contributed by atoms with Crippen LogP contribution in [-0.2, 0) is 0 Å². The highest BCUT2D eigenvalue weighted by Gasteiger charge is 2.24. The molecular weight excluding hydrogens is 386 g/mol. The predicted molar refractivity (Wildman–Crippen MR) is 114 cm³/mol. The van der Waals surface area contributed by atoms with E-state index in [1.165, 1.54) is 6.07 Å². The van der Waals surface area contributed by atoms with Crippen LogP contribution in [0.25, 0.3) is 44.2 Å². The van der Waals surface area contributed by atoms with Crippen LogP contribution in [-0.4, -0.2) is 27.0 Å². The number of nitrogens with one attached hydrogen (secondary N) is 2. The molecule has 0 aliphatic carbocycles. The standard InChI is InChI=1S/C22H19N3O5/c1-10(2)25-21-16(22(28)24-25)15(11-5-4-6-12(9-11)29-3)20-17(23-21)13-7-8-14(26)18(27)19(13)30-20/h4-10,23,27H,1-3H3,(H,24,28). The molecule has 0 bridgehead atoms. The normalized spacial score (nSPS) is 11.9. The van der Waals surface area contributed by atoms with E-state index in [0.29, 0.717) is 44.4 Å². The van der Waals surface area contributed by atoms with Crippen LogP contribution in [0.5, 0.6) is 11.5 Å². The van der Waals surface area contributed by atoms with Gasteiger partial charge in [0.2, 0.25) is 11.2 Å². The number of phenols is 1. The molecule has 0 aliphatic heterocycles. The van der Waals surface area contributed by atoms with Crippen molar-refractivity contribution in [2.75, 3.05) is 7.11 Å². The van der Waals surface area contributed by atoms with Crippen molar-refractivity contribution in [1.29, 1.82) is 0 Å². The molecule has 5 aromatic rings. The molecule has 30 heavy (non-hydrogen) atoms. The minimum atomic E-state index is -0.529. The Bertz CT molecular complexity index is 1570. The lowest BCUT2D eigenvalue weighted by atomic mass is 10.0. The zero-order valence-corrected chi connectivity index (χ0v) is 16.6. The molecule has 0 radical (unpaired) electrons. The smallest absolute Gasteiger partial charge is 0.274 e. The van der Waals surface area contributed by atoms with Crippen molar-refractivity contribution in [3.05, 3.63) is 57.0 Å². The molecule has 0 amide bonds. The van der Waals surface area contributed by atoms with Crippen molar-refractivity contribution in [3.8, 4) is 22.6 Å². The van der Waals surface area contributed by atoms with Crippen LogP contribution < -0.4 is 15.7 Å². The second-order valence-electron chi connectivity index (χ2n) is 7.46. The molecular formula is C22H19N3O5. The first-order chi connectivity index (χ1) is 14.4. The molecule has 2 aromatic carbocycles. The van der Waals surface area contributed by atoms with Crippen molar-refractivity contribution in [3.63, 3.8) is 0 Å². The molecule has 0 fully saturated rings. The summed E-state index contributed by atoms with van der Waals surface area (Å²) in [6, 6.07) is 10.2. The molecule has 0 unspecified atom stereocenters. The fraction of sp³-hybridized carbons (Fsp3) is 0.182. The number of rotatable bonds is 3. The Morgan fingerprint density at radius 1 is 1.13 bits per heavy atom. The third-order valence-electron chi connectivity index (χ3n) is 5.32. The number of aromatic hydroxyl groups is 1. The van der Waals surface area contributed by atoms with E-state index in [4.69, 9.17) is 9.15 Å². The fourth-order valence-electron chi connectivity index (χ4n) is 3.91. The third-order valence-corrected chi connectivity index (χ3v) is 5.32. The number of H-pyrrole nitrogens is 2. The number of benzene rings is 2. The molecule has 0 aliphatic rings. The van der Waals surface area contributed by atoms with Gasteiger partial charge in [0.15, 0.2) is 11.2 Å². The van der Waals surface area contributed by atoms with Crippen molar-refractivity contribution in [2.24, 2.45) is 0 Å².